The highest BCUT2D eigenvalue weighted by Gasteiger charge is 2.12. The van der Waals surface area contributed by atoms with Crippen molar-refractivity contribution < 1.29 is 0 Å². The molecule has 2 unspecified atom stereocenters. The van der Waals surface area contributed by atoms with Crippen LogP contribution in [0.2, 0.25) is 5.02 Å². The van der Waals surface area contributed by atoms with Crippen molar-refractivity contribution in [2.75, 3.05) is 0 Å². The third-order valence-electron chi connectivity index (χ3n) is 3.91. The second-order valence-corrected chi connectivity index (χ2v) is 6.22. The highest BCUT2D eigenvalue weighted by molar-refractivity contribution is 6.30. The van der Waals surface area contributed by atoms with Crippen molar-refractivity contribution in [2.45, 2.75) is 77.8 Å². The van der Waals surface area contributed by atoms with Crippen LogP contribution in [0.3, 0.4) is 0 Å². The van der Waals surface area contributed by atoms with Gasteiger partial charge >= 0.3 is 0 Å². The molecule has 0 radical (unpaired) electrons. The molecule has 0 heterocycles. The van der Waals surface area contributed by atoms with Gasteiger partial charge in [-0.25, -0.2) is 0 Å². The summed E-state index contributed by atoms with van der Waals surface area (Å²) in [5.41, 5.74) is 1.34. The molecule has 1 nitrogen and oxygen atoms in total. The van der Waals surface area contributed by atoms with Gasteiger partial charge in [0, 0.05) is 17.1 Å². The lowest BCUT2D eigenvalue weighted by molar-refractivity contribution is 0.413. The Morgan fingerprint density at radius 2 is 1.65 bits per heavy atom. The second kappa shape index (κ2) is 10.2. The van der Waals surface area contributed by atoms with Crippen molar-refractivity contribution in [3.05, 3.63) is 34.9 Å². The molecule has 0 saturated heterocycles. The Kier molecular flexibility index (Phi) is 8.97. The third-order valence-corrected chi connectivity index (χ3v) is 4.16. The van der Waals surface area contributed by atoms with Gasteiger partial charge in [-0.2, -0.15) is 0 Å². The molecule has 0 aliphatic heterocycles. The zero-order chi connectivity index (χ0) is 14.8. The van der Waals surface area contributed by atoms with Crippen molar-refractivity contribution in [3.8, 4) is 0 Å². The minimum atomic E-state index is 0.443. The topological polar surface area (TPSA) is 12.0 Å². The molecular weight excluding hydrogens is 266 g/mol. The van der Waals surface area contributed by atoms with Gasteiger partial charge in [0.25, 0.3) is 0 Å². The number of halogens is 1. The van der Waals surface area contributed by atoms with Crippen LogP contribution in [0, 0.1) is 0 Å². The molecule has 2 heteroatoms. The van der Waals surface area contributed by atoms with E-state index in [0.717, 1.165) is 11.4 Å². The summed E-state index contributed by atoms with van der Waals surface area (Å²) < 4.78 is 0. The van der Waals surface area contributed by atoms with Gasteiger partial charge in [0.1, 0.15) is 0 Å². The molecule has 0 aromatic heterocycles. The predicted molar refractivity (Wildman–Crippen MR) is 90.5 cm³/mol. The Bertz CT molecular complexity index is 347. The molecule has 114 valence electrons. The lowest BCUT2D eigenvalue weighted by Crippen LogP contribution is -2.30. The highest BCUT2D eigenvalue weighted by Crippen LogP contribution is 2.20. The normalized spacial score (nSPS) is 14.2. The Labute approximate surface area is 130 Å². The van der Waals surface area contributed by atoms with Gasteiger partial charge in [0.15, 0.2) is 0 Å². The van der Waals surface area contributed by atoms with Crippen LogP contribution in [-0.4, -0.2) is 6.04 Å². The predicted octanol–water partition coefficient (Wildman–Crippen LogP) is 6.13. The van der Waals surface area contributed by atoms with E-state index in [-0.39, 0.29) is 0 Å². The van der Waals surface area contributed by atoms with Crippen LogP contribution in [0.4, 0.5) is 0 Å². The minimum absolute atomic E-state index is 0.443. The van der Waals surface area contributed by atoms with E-state index < -0.39 is 0 Å². The molecule has 20 heavy (non-hydrogen) atoms. The SMILES string of the molecule is CCCCCCCC(C)NC(CC)c1ccc(Cl)cc1. The van der Waals surface area contributed by atoms with Crippen LogP contribution in [0.25, 0.3) is 0 Å². The summed E-state index contributed by atoms with van der Waals surface area (Å²) in [7, 11) is 0. The molecule has 0 spiro atoms. The Morgan fingerprint density at radius 1 is 1.00 bits per heavy atom. The summed E-state index contributed by atoms with van der Waals surface area (Å²) in [6.45, 7) is 6.81. The minimum Gasteiger partial charge on any atom is -0.307 e. The number of nitrogens with one attached hydrogen (secondary N) is 1. The summed E-state index contributed by atoms with van der Waals surface area (Å²) in [6, 6.07) is 9.26. The smallest absolute Gasteiger partial charge is 0.0406 e. The molecule has 0 fully saturated rings. The first kappa shape index (κ1) is 17.5. The van der Waals surface area contributed by atoms with E-state index in [1.54, 1.807) is 0 Å². The van der Waals surface area contributed by atoms with Gasteiger partial charge in [-0.1, -0.05) is 69.7 Å². The highest BCUT2D eigenvalue weighted by atomic mass is 35.5. The van der Waals surface area contributed by atoms with Crippen molar-refractivity contribution >= 4 is 11.6 Å². The number of hydrogen-bond acceptors (Lipinski definition) is 1. The van der Waals surface area contributed by atoms with Gasteiger partial charge in [-0.3, -0.25) is 0 Å². The molecule has 0 aliphatic carbocycles. The first-order valence-corrected chi connectivity index (χ1v) is 8.56. The zero-order valence-electron chi connectivity index (χ0n) is 13.3. The zero-order valence-corrected chi connectivity index (χ0v) is 14.0. The van der Waals surface area contributed by atoms with E-state index in [1.807, 2.05) is 12.1 Å². The van der Waals surface area contributed by atoms with E-state index in [1.165, 1.54) is 44.1 Å². The van der Waals surface area contributed by atoms with Crippen LogP contribution in [-0.2, 0) is 0 Å². The van der Waals surface area contributed by atoms with E-state index in [2.05, 4.69) is 38.2 Å². The third kappa shape index (κ3) is 6.76. The van der Waals surface area contributed by atoms with Crippen LogP contribution in [0.15, 0.2) is 24.3 Å². The van der Waals surface area contributed by atoms with E-state index >= 15 is 0 Å². The fraction of sp³-hybridized carbons (Fsp3) is 0.667. The number of benzene rings is 1. The lowest BCUT2D eigenvalue weighted by Gasteiger charge is -2.23. The molecular formula is C18H30ClN. The Hall–Kier alpha value is -0.530. The van der Waals surface area contributed by atoms with Crippen LogP contribution in [0.1, 0.15) is 77.3 Å². The van der Waals surface area contributed by atoms with Gasteiger partial charge in [-0.05, 0) is 37.5 Å². The summed E-state index contributed by atoms with van der Waals surface area (Å²) in [4.78, 5) is 0. The molecule has 0 saturated carbocycles. The maximum absolute atomic E-state index is 5.96. The molecule has 1 aromatic carbocycles. The monoisotopic (exact) mass is 295 g/mol. The van der Waals surface area contributed by atoms with Crippen LogP contribution in [0.5, 0.6) is 0 Å². The molecule has 1 rings (SSSR count). The first-order chi connectivity index (χ1) is 9.67. The van der Waals surface area contributed by atoms with E-state index in [9.17, 15) is 0 Å². The first-order valence-electron chi connectivity index (χ1n) is 8.18. The standard InChI is InChI=1S/C18H30ClN/c1-4-6-7-8-9-10-15(3)20-18(5-2)16-11-13-17(19)14-12-16/h11-15,18,20H,4-10H2,1-3H3. The summed E-state index contributed by atoms with van der Waals surface area (Å²) in [5.74, 6) is 0. The quantitative estimate of drug-likeness (QED) is 0.512. The molecule has 0 bridgehead atoms. The Balaban J connectivity index is 2.34. The fourth-order valence-corrected chi connectivity index (χ4v) is 2.75. The summed E-state index contributed by atoms with van der Waals surface area (Å²) >= 11 is 5.96. The summed E-state index contributed by atoms with van der Waals surface area (Å²) in [6.07, 6.45) is 9.18. The van der Waals surface area contributed by atoms with Gasteiger partial charge in [0.2, 0.25) is 0 Å². The maximum atomic E-state index is 5.96. The van der Waals surface area contributed by atoms with Crippen molar-refractivity contribution in [1.29, 1.82) is 0 Å². The fourth-order valence-electron chi connectivity index (χ4n) is 2.63. The molecule has 1 N–H and O–H groups in total. The summed E-state index contributed by atoms with van der Waals surface area (Å²) in [5, 5.41) is 4.56. The molecule has 0 aliphatic rings. The van der Waals surface area contributed by atoms with Gasteiger partial charge < -0.3 is 5.32 Å². The number of rotatable bonds is 10. The molecule has 2 atom stereocenters. The van der Waals surface area contributed by atoms with Crippen LogP contribution < -0.4 is 5.32 Å². The van der Waals surface area contributed by atoms with E-state index in [0.29, 0.717) is 12.1 Å². The number of hydrogen-bond donors (Lipinski definition) is 1. The molecule has 1 aromatic rings. The maximum Gasteiger partial charge on any atom is 0.0406 e. The Morgan fingerprint density at radius 3 is 2.25 bits per heavy atom. The average Bonchev–Trinajstić information content (AvgIpc) is 2.45. The van der Waals surface area contributed by atoms with Gasteiger partial charge in [0.05, 0.1) is 0 Å². The van der Waals surface area contributed by atoms with Crippen molar-refractivity contribution in [2.24, 2.45) is 0 Å². The lowest BCUT2D eigenvalue weighted by atomic mass is 10.0. The van der Waals surface area contributed by atoms with Gasteiger partial charge in [-0.15, -0.1) is 0 Å². The van der Waals surface area contributed by atoms with E-state index in [4.69, 9.17) is 11.6 Å². The largest absolute Gasteiger partial charge is 0.307 e. The second-order valence-electron chi connectivity index (χ2n) is 5.78. The van der Waals surface area contributed by atoms with Crippen molar-refractivity contribution in [3.63, 3.8) is 0 Å². The van der Waals surface area contributed by atoms with Crippen molar-refractivity contribution in [1.82, 2.24) is 5.32 Å². The molecule has 0 amide bonds. The van der Waals surface area contributed by atoms with Crippen LogP contribution >= 0.6 is 11.6 Å². The number of unbranched alkanes of at least 4 members (excludes halogenated alkanes) is 4. The average molecular weight is 296 g/mol.